The highest BCUT2D eigenvalue weighted by atomic mass is 19.1. The van der Waals surface area contributed by atoms with Crippen LogP contribution in [0.25, 0.3) is 0 Å². The predicted molar refractivity (Wildman–Crippen MR) is 78.1 cm³/mol. The molecule has 1 N–H and O–H groups in total. The lowest BCUT2D eigenvalue weighted by Crippen LogP contribution is -2.09. The molecule has 5 nitrogen and oxygen atoms in total. The molecule has 0 heterocycles. The number of hydrogen-bond acceptors (Lipinski definition) is 4. The quantitative estimate of drug-likeness (QED) is 0.669. The van der Waals surface area contributed by atoms with E-state index in [1.807, 2.05) is 31.2 Å². The summed E-state index contributed by atoms with van der Waals surface area (Å²) in [5, 5.41) is 14.0. The first-order valence-electron chi connectivity index (χ1n) is 6.36. The molecule has 0 saturated heterocycles. The van der Waals surface area contributed by atoms with Crippen LogP contribution in [0.3, 0.4) is 0 Å². The SMILES string of the molecule is COc1ccccc1C(C)Nc1ccc(F)cc1[N+](=O)[O-]. The highest BCUT2D eigenvalue weighted by Crippen LogP contribution is 2.31. The van der Waals surface area contributed by atoms with Crippen LogP contribution in [0.15, 0.2) is 42.5 Å². The van der Waals surface area contributed by atoms with E-state index in [0.717, 1.165) is 11.6 Å². The maximum atomic E-state index is 13.1. The highest BCUT2D eigenvalue weighted by Gasteiger charge is 2.18. The number of nitro benzene ring substituents is 1. The van der Waals surface area contributed by atoms with Crippen LogP contribution in [-0.4, -0.2) is 12.0 Å². The maximum Gasteiger partial charge on any atom is 0.295 e. The van der Waals surface area contributed by atoms with Crippen molar-refractivity contribution in [1.82, 2.24) is 0 Å². The maximum absolute atomic E-state index is 13.1. The first-order valence-corrected chi connectivity index (χ1v) is 6.36. The van der Waals surface area contributed by atoms with E-state index >= 15 is 0 Å². The molecule has 1 unspecified atom stereocenters. The molecule has 2 rings (SSSR count). The van der Waals surface area contributed by atoms with E-state index in [4.69, 9.17) is 4.74 Å². The van der Waals surface area contributed by atoms with Crippen LogP contribution in [0.4, 0.5) is 15.8 Å². The Balaban J connectivity index is 2.31. The van der Waals surface area contributed by atoms with Gasteiger partial charge in [-0.3, -0.25) is 10.1 Å². The molecule has 0 aliphatic heterocycles. The van der Waals surface area contributed by atoms with Crippen molar-refractivity contribution in [2.24, 2.45) is 0 Å². The van der Waals surface area contributed by atoms with Gasteiger partial charge in [0.05, 0.1) is 24.1 Å². The highest BCUT2D eigenvalue weighted by molar-refractivity contribution is 5.62. The third-order valence-electron chi connectivity index (χ3n) is 3.13. The van der Waals surface area contributed by atoms with Crippen molar-refractivity contribution in [2.75, 3.05) is 12.4 Å². The van der Waals surface area contributed by atoms with Gasteiger partial charge in [-0.2, -0.15) is 0 Å². The molecule has 2 aromatic carbocycles. The number of halogens is 1. The van der Waals surface area contributed by atoms with Crippen molar-refractivity contribution in [2.45, 2.75) is 13.0 Å². The van der Waals surface area contributed by atoms with Gasteiger partial charge in [-0.05, 0) is 25.1 Å². The number of nitrogens with one attached hydrogen (secondary N) is 1. The van der Waals surface area contributed by atoms with Crippen LogP contribution in [-0.2, 0) is 0 Å². The Hall–Kier alpha value is -2.63. The minimum absolute atomic E-state index is 0.231. The molecule has 6 heteroatoms. The van der Waals surface area contributed by atoms with Gasteiger partial charge in [0.15, 0.2) is 0 Å². The Morgan fingerprint density at radius 3 is 2.67 bits per heavy atom. The lowest BCUT2D eigenvalue weighted by Gasteiger charge is -2.18. The van der Waals surface area contributed by atoms with Crippen LogP contribution in [0.1, 0.15) is 18.5 Å². The number of benzene rings is 2. The van der Waals surface area contributed by atoms with Crippen molar-refractivity contribution < 1.29 is 14.1 Å². The van der Waals surface area contributed by atoms with Gasteiger partial charge >= 0.3 is 0 Å². The topological polar surface area (TPSA) is 64.4 Å². The molecule has 0 fully saturated rings. The molecule has 110 valence electrons. The minimum atomic E-state index is -0.641. The fraction of sp³-hybridized carbons (Fsp3) is 0.200. The summed E-state index contributed by atoms with van der Waals surface area (Å²) in [4.78, 5) is 10.4. The Morgan fingerprint density at radius 2 is 2.00 bits per heavy atom. The van der Waals surface area contributed by atoms with Gasteiger partial charge in [-0.15, -0.1) is 0 Å². The van der Waals surface area contributed by atoms with Gasteiger partial charge in [-0.25, -0.2) is 4.39 Å². The van der Waals surface area contributed by atoms with Crippen molar-refractivity contribution in [1.29, 1.82) is 0 Å². The molecule has 0 spiro atoms. The van der Waals surface area contributed by atoms with E-state index in [2.05, 4.69) is 5.32 Å². The third kappa shape index (κ3) is 3.28. The molecule has 0 saturated carbocycles. The van der Waals surface area contributed by atoms with Crippen LogP contribution in [0, 0.1) is 15.9 Å². The standard InChI is InChI=1S/C15H15FN2O3/c1-10(12-5-3-4-6-15(12)21-2)17-13-8-7-11(16)9-14(13)18(19)20/h3-10,17H,1-2H3. The second kappa shape index (κ2) is 6.21. The number of para-hydroxylation sites is 1. The average molecular weight is 290 g/mol. The second-order valence-corrected chi connectivity index (χ2v) is 4.53. The summed E-state index contributed by atoms with van der Waals surface area (Å²) in [6.07, 6.45) is 0. The van der Waals surface area contributed by atoms with Crippen LogP contribution >= 0.6 is 0 Å². The van der Waals surface area contributed by atoms with Crippen LogP contribution < -0.4 is 10.1 Å². The fourth-order valence-electron chi connectivity index (χ4n) is 2.11. The Bertz CT molecular complexity index is 661. The molecular formula is C15H15FN2O3. The van der Waals surface area contributed by atoms with E-state index in [1.165, 1.54) is 12.1 Å². The summed E-state index contributed by atoms with van der Waals surface area (Å²) in [5.74, 6) is 0.0412. The van der Waals surface area contributed by atoms with Gasteiger partial charge < -0.3 is 10.1 Å². The van der Waals surface area contributed by atoms with Crippen molar-refractivity contribution >= 4 is 11.4 Å². The minimum Gasteiger partial charge on any atom is -0.496 e. The van der Waals surface area contributed by atoms with E-state index in [1.54, 1.807) is 7.11 Å². The monoisotopic (exact) mass is 290 g/mol. The number of nitrogens with zero attached hydrogens (tertiary/aromatic N) is 1. The summed E-state index contributed by atoms with van der Waals surface area (Å²) >= 11 is 0. The average Bonchev–Trinajstić information content (AvgIpc) is 2.48. The Kier molecular flexibility index (Phi) is 4.37. The summed E-state index contributed by atoms with van der Waals surface area (Å²) in [7, 11) is 1.56. The molecule has 0 radical (unpaired) electrons. The number of ether oxygens (including phenoxy) is 1. The Morgan fingerprint density at radius 1 is 1.29 bits per heavy atom. The summed E-state index contributed by atoms with van der Waals surface area (Å²) in [6, 6.07) is 10.6. The molecule has 1 atom stereocenters. The van der Waals surface area contributed by atoms with Crippen LogP contribution in [0.2, 0.25) is 0 Å². The number of anilines is 1. The molecular weight excluding hydrogens is 275 g/mol. The third-order valence-corrected chi connectivity index (χ3v) is 3.13. The number of hydrogen-bond donors (Lipinski definition) is 1. The molecule has 0 bridgehead atoms. The lowest BCUT2D eigenvalue weighted by atomic mass is 10.1. The summed E-state index contributed by atoms with van der Waals surface area (Å²) in [6.45, 7) is 1.85. The zero-order valence-electron chi connectivity index (χ0n) is 11.7. The van der Waals surface area contributed by atoms with Crippen molar-refractivity contribution in [3.8, 4) is 5.75 Å². The van der Waals surface area contributed by atoms with E-state index < -0.39 is 10.7 Å². The van der Waals surface area contributed by atoms with Crippen LogP contribution in [0.5, 0.6) is 5.75 Å². The van der Waals surface area contributed by atoms with E-state index in [-0.39, 0.29) is 17.4 Å². The zero-order chi connectivity index (χ0) is 15.4. The molecule has 0 aliphatic carbocycles. The Labute approximate surface area is 121 Å². The second-order valence-electron chi connectivity index (χ2n) is 4.53. The summed E-state index contributed by atoms with van der Waals surface area (Å²) in [5.41, 5.74) is 0.829. The molecule has 0 aromatic heterocycles. The van der Waals surface area contributed by atoms with E-state index in [0.29, 0.717) is 5.75 Å². The summed E-state index contributed by atoms with van der Waals surface area (Å²) < 4.78 is 18.4. The first kappa shape index (κ1) is 14.8. The normalized spacial score (nSPS) is 11.8. The lowest BCUT2D eigenvalue weighted by molar-refractivity contribution is -0.384. The molecule has 0 aliphatic rings. The number of nitro groups is 1. The first-order chi connectivity index (χ1) is 10.0. The largest absolute Gasteiger partial charge is 0.496 e. The van der Waals surface area contributed by atoms with Gasteiger partial charge in [0, 0.05) is 5.56 Å². The molecule has 0 amide bonds. The smallest absolute Gasteiger partial charge is 0.295 e. The van der Waals surface area contributed by atoms with Gasteiger partial charge in [0.25, 0.3) is 5.69 Å². The molecule has 2 aromatic rings. The van der Waals surface area contributed by atoms with Crippen molar-refractivity contribution in [3.63, 3.8) is 0 Å². The van der Waals surface area contributed by atoms with E-state index in [9.17, 15) is 14.5 Å². The van der Waals surface area contributed by atoms with Gasteiger partial charge in [0.1, 0.15) is 17.3 Å². The number of methoxy groups -OCH3 is 1. The number of rotatable bonds is 5. The van der Waals surface area contributed by atoms with Gasteiger partial charge in [0.2, 0.25) is 0 Å². The predicted octanol–water partition coefficient (Wildman–Crippen LogP) is 3.92. The molecule has 21 heavy (non-hydrogen) atoms. The zero-order valence-corrected chi connectivity index (χ0v) is 11.7. The van der Waals surface area contributed by atoms with Gasteiger partial charge in [-0.1, -0.05) is 18.2 Å². The van der Waals surface area contributed by atoms with Crippen molar-refractivity contribution in [3.05, 3.63) is 64.0 Å². The fourth-order valence-corrected chi connectivity index (χ4v) is 2.11.